The summed E-state index contributed by atoms with van der Waals surface area (Å²) in [7, 11) is 0. The molecule has 2 aromatic carbocycles. The fraction of sp³-hybridized carbons (Fsp3) is 0. The Morgan fingerprint density at radius 1 is 0.957 bits per heavy atom. The van der Waals surface area contributed by atoms with E-state index >= 15 is 0 Å². The highest BCUT2D eigenvalue weighted by molar-refractivity contribution is 6.39. The highest BCUT2D eigenvalue weighted by Gasteiger charge is 2.36. The van der Waals surface area contributed by atoms with Gasteiger partial charge in [-0.05, 0) is 35.9 Å². The van der Waals surface area contributed by atoms with Crippen molar-refractivity contribution in [2.75, 3.05) is 4.90 Å². The summed E-state index contributed by atoms with van der Waals surface area (Å²) < 4.78 is 0. The van der Waals surface area contributed by atoms with E-state index < -0.39 is 17.8 Å². The first-order valence-electron chi connectivity index (χ1n) is 6.82. The number of hydrogen-bond acceptors (Lipinski definition) is 4. The third-order valence-corrected chi connectivity index (χ3v) is 3.30. The van der Waals surface area contributed by atoms with Gasteiger partial charge in [-0.3, -0.25) is 14.9 Å². The first kappa shape index (κ1) is 14.5. The van der Waals surface area contributed by atoms with E-state index in [9.17, 15) is 19.5 Å². The minimum Gasteiger partial charge on any atom is -0.508 e. The molecule has 0 aliphatic carbocycles. The molecule has 0 unspecified atom stereocenters. The van der Waals surface area contributed by atoms with Crippen molar-refractivity contribution in [3.05, 3.63) is 65.7 Å². The fourth-order valence-corrected chi connectivity index (χ4v) is 2.25. The molecule has 1 aliphatic heterocycles. The Hall–Kier alpha value is -3.41. The molecule has 3 rings (SSSR count). The summed E-state index contributed by atoms with van der Waals surface area (Å²) in [4.78, 5) is 37.4. The van der Waals surface area contributed by atoms with Crippen LogP contribution in [-0.2, 0) is 9.59 Å². The van der Waals surface area contributed by atoms with Crippen molar-refractivity contribution in [3.63, 3.8) is 0 Å². The number of rotatable bonds is 2. The third kappa shape index (κ3) is 2.82. The number of barbiturate groups is 1. The van der Waals surface area contributed by atoms with E-state index in [1.165, 1.54) is 18.2 Å². The van der Waals surface area contributed by atoms with E-state index in [2.05, 4.69) is 5.32 Å². The summed E-state index contributed by atoms with van der Waals surface area (Å²) in [5.74, 6) is -1.47. The summed E-state index contributed by atoms with van der Waals surface area (Å²) in [6, 6.07) is 13.6. The summed E-state index contributed by atoms with van der Waals surface area (Å²) in [5.41, 5.74) is 0.661. The van der Waals surface area contributed by atoms with Gasteiger partial charge in [0.1, 0.15) is 11.3 Å². The first-order chi connectivity index (χ1) is 11.1. The Kier molecular flexibility index (Phi) is 3.64. The average Bonchev–Trinajstić information content (AvgIpc) is 2.52. The molecule has 1 aliphatic rings. The van der Waals surface area contributed by atoms with Crippen LogP contribution in [0.1, 0.15) is 5.56 Å². The van der Waals surface area contributed by atoms with E-state index in [-0.39, 0.29) is 11.3 Å². The molecule has 6 heteroatoms. The zero-order valence-corrected chi connectivity index (χ0v) is 11.9. The molecular formula is C17H12N2O4. The van der Waals surface area contributed by atoms with E-state index in [0.717, 1.165) is 4.90 Å². The SMILES string of the molecule is O=C1NC(=O)N(c2ccccc2)C(=O)/C1=C\c1cccc(O)c1. The number of para-hydroxylation sites is 1. The lowest BCUT2D eigenvalue weighted by Gasteiger charge is -2.26. The number of aromatic hydroxyl groups is 1. The lowest BCUT2D eigenvalue weighted by molar-refractivity contribution is -0.122. The maximum absolute atomic E-state index is 12.5. The lowest BCUT2D eigenvalue weighted by atomic mass is 10.1. The van der Waals surface area contributed by atoms with Crippen LogP contribution in [0.15, 0.2) is 60.2 Å². The second kappa shape index (κ2) is 5.76. The predicted octanol–water partition coefficient (Wildman–Crippen LogP) is 2.06. The molecule has 2 N–H and O–H groups in total. The number of phenols is 1. The van der Waals surface area contributed by atoms with Crippen LogP contribution in [0, 0.1) is 0 Å². The Labute approximate surface area is 131 Å². The number of phenolic OH excluding ortho intramolecular Hbond substituents is 1. The molecule has 1 saturated heterocycles. The highest BCUT2D eigenvalue weighted by atomic mass is 16.3. The topological polar surface area (TPSA) is 86.7 Å². The number of anilines is 1. The molecular weight excluding hydrogens is 296 g/mol. The maximum Gasteiger partial charge on any atom is 0.335 e. The second-order valence-electron chi connectivity index (χ2n) is 4.89. The number of nitrogens with zero attached hydrogens (tertiary/aromatic N) is 1. The van der Waals surface area contributed by atoms with Crippen LogP contribution in [0.25, 0.3) is 6.08 Å². The Morgan fingerprint density at radius 3 is 2.39 bits per heavy atom. The van der Waals surface area contributed by atoms with Crippen molar-refractivity contribution in [2.24, 2.45) is 0 Å². The Balaban J connectivity index is 2.02. The van der Waals surface area contributed by atoms with Crippen molar-refractivity contribution in [2.45, 2.75) is 0 Å². The van der Waals surface area contributed by atoms with Crippen LogP contribution in [0.2, 0.25) is 0 Å². The zero-order chi connectivity index (χ0) is 16.4. The van der Waals surface area contributed by atoms with Crippen molar-refractivity contribution < 1.29 is 19.5 Å². The van der Waals surface area contributed by atoms with Crippen molar-refractivity contribution in [1.29, 1.82) is 0 Å². The van der Waals surface area contributed by atoms with Crippen molar-refractivity contribution in [1.82, 2.24) is 5.32 Å². The number of carbonyl (C=O) groups is 3. The number of carbonyl (C=O) groups excluding carboxylic acids is 3. The zero-order valence-electron chi connectivity index (χ0n) is 11.9. The van der Waals surface area contributed by atoms with Gasteiger partial charge in [-0.25, -0.2) is 9.69 Å². The fourth-order valence-electron chi connectivity index (χ4n) is 2.25. The average molecular weight is 308 g/mol. The van der Waals surface area contributed by atoms with Crippen LogP contribution < -0.4 is 10.2 Å². The van der Waals surface area contributed by atoms with E-state index in [4.69, 9.17) is 0 Å². The molecule has 0 bridgehead atoms. The van der Waals surface area contributed by atoms with Crippen LogP contribution >= 0.6 is 0 Å². The van der Waals surface area contributed by atoms with E-state index in [1.54, 1.807) is 42.5 Å². The van der Waals surface area contributed by atoms with Gasteiger partial charge in [-0.1, -0.05) is 30.3 Å². The number of imide groups is 2. The van der Waals surface area contributed by atoms with Gasteiger partial charge in [0.2, 0.25) is 0 Å². The molecule has 0 atom stereocenters. The molecule has 1 heterocycles. The van der Waals surface area contributed by atoms with Gasteiger partial charge in [0.05, 0.1) is 5.69 Å². The summed E-state index contributed by atoms with van der Waals surface area (Å²) in [6.45, 7) is 0. The quantitative estimate of drug-likeness (QED) is 0.657. The minimum absolute atomic E-state index is 0.0130. The molecule has 114 valence electrons. The van der Waals surface area contributed by atoms with Gasteiger partial charge in [0.25, 0.3) is 11.8 Å². The monoisotopic (exact) mass is 308 g/mol. The summed E-state index contributed by atoms with van der Waals surface area (Å²) >= 11 is 0. The highest BCUT2D eigenvalue weighted by Crippen LogP contribution is 2.22. The number of nitrogens with one attached hydrogen (secondary N) is 1. The molecule has 0 saturated carbocycles. The molecule has 6 nitrogen and oxygen atoms in total. The van der Waals surface area contributed by atoms with Gasteiger partial charge in [-0.15, -0.1) is 0 Å². The smallest absolute Gasteiger partial charge is 0.335 e. The summed E-state index contributed by atoms with van der Waals surface area (Å²) in [6.07, 6.45) is 1.33. The largest absolute Gasteiger partial charge is 0.508 e. The minimum atomic E-state index is -0.792. The summed E-state index contributed by atoms with van der Waals surface area (Å²) in [5, 5.41) is 11.6. The molecule has 0 radical (unpaired) electrons. The molecule has 1 fully saturated rings. The van der Waals surface area contributed by atoms with Gasteiger partial charge in [0, 0.05) is 0 Å². The lowest BCUT2D eigenvalue weighted by Crippen LogP contribution is -2.54. The van der Waals surface area contributed by atoms with Crippen LogP contribution in [0.3, 0.4) is 0 Å². The van der Waals surface area contributed by atoms with Crippen LogP contribution in [0.4, 0.5) is 10.5 Å². The molecule has 2 aromatic rings. The third-order valence-electron chi connectivity index (χ3n) is 3.30. The Bertz CT molecular complexity index is 827. The second-order valence-corrected chi connectivity index (χ2v) is 4.89. The van der Waals surface area contributed by atoms with Crippen LogP contribution in [-0.4, -0.2) is 23.0 Å². The van der Waals surface area contributed by atoms with E-state index in [0.29, 0.717) is 11.3 Å². The van der Waals surface area contributed by atoms with Crippen LogP contribution in [0.5, 0.6) is 5.75 Å². The van der Waals surface area contributed by atoms with Crippen molar-refractivity contribution >= 4 is 29.6 Å². The van der Waals surface area contributed by atoms with Crippen molar-refractivity contribution in [3.8, 4) is 5.75 Å². The maximum atomic E-state index is 12.5. The molecule has 4 amide bonds. The molecule has 23 heavy (non-hydrogen) atoms. The number of urea groups is 1. The number of amides is 4. The standard InChI is InChI=1S/C17H12N2O4/c20-13-8-4-5-11(9-13)10-14-15(21)18-17(23)19(16(14)22)12-6-2-1-3-7-12/h1-10,20H,(H,18,21,23)/b14-10-. The van der Waals surface area contributed by atoms with Gasteiger partial charge < -0.3 is 5.11 Å². The number of hydrogen-bond donors (Lipinski definition) is 2. The Morgan fingerprint density at radius 2 is 1.70 bits per heavy atom. The molecule has 0 spiro atoms. The van der Waals surface area contributed by atoms with Gasteiger partial charge >= 0.3 is 6.03 Å². The molecule has 0 aromatic heterocycles. The number of benzene rings is 2. The normalized spacial score (nSPS) is 16.6. The first-order valence-corrected chi connectivity index (χ1v) is 6.82. The predicted molar refractivity (Wildman–Crippen MR) is 83.6 cm³/mol. The van der Waals surface area contributed by atoms with Gasteiger partial charge in [-0.2, -0.15) is 0 Å². The van der Waals surface area contributed by atoms with E-state index in [1.807, 2.05) is 0 Å². The van der Waals surface area contributed by atoms with Gasteiger partial charge in [0.15, 0.2) is 0 Å².